The summed E-state index contributed by atoms with van der Waals surface area (Å²) in [6.45, 7) is 5.24. The van der Waals surface area contributed by atoms with Crippen molar-refractivity contribution in [1.82, 2.24) is 9.97 Å². The van der Waals surface area contributed by atoms with E-state index in [1.807, 2.05) is 6.92 Å². The number of sulfonamides is 1. The molecular weight excluding hydrogens is 266 g/mol. The standard InChI is InChI=1S/C11H21N5O2S/c1-3-5-13-10-8-11(16-9(2)15-10)14-6-4-7-19(12,17)18/h8H,3-7H2,1-2H3,(H2,12,17,18)(H2,13,14,15,16). The Hall–Kier alpha value is -1.41. The zero-order valence-corrected chi connectivity index (χ0v) is 12.1. The third-order valence-electron chi connectivity index (χ3n) is 2.31. The lowest BCUT2D eigenvalue weighted by atomic mass is 10.4. The number of aromatic nitrogens is 2. The summed E-state index contributed by atoms with van der Waals surface area (Å²) >= 11 is 0. The van der Waals surface area contributed by atoms with Gasteiger partial charge in [0.25, 0.3) is 0 Å². The van der Waals surface area contributed by atoms with Gasteiger partial charge < -0.3 is 10.6 Å². The van der Waals surface area contributed by atoms with Crippen molar-refractivity contribution in [2.24, 2.45) is 5.14 Å². The second kappa shape index (κ2) is 7.25. The van der Waals surface area contributed by atoms with Crippen LogP contribution in [-0.2, 0) is 10.0 Å². The van der Waals surface area contributed by atoms with Crippen LogP contribution in [0.4, 0.5) is 11.6 Å². The van der Waals surface area contributed by atoms with Crippen molar-refractivity contribution in [1.29, 1.82) is 0 Å². The van der Waals surface area contributed by atoms with Crippen molar-refractivity contribution in [2.45, 2.75) is 26.7 Å². The number of nitrogens with zero attached hydrogens (tertiary/aromatic N) is 2. The summed E-state index contributed by atoms with van der Waals surface area (Å²) in [4.78, 5) is 8.49. The molecule has 0 spiro atoms. The first-order valence-electron chi connectivity index (χ1n) is 6.24. The fourth-order valence-electron chi connectivity index (χ4n) is 1.49. The van der Waals surface area contributed by atoms with Crippen LogP contribution in [0.2, 0.25) is 0 Å². The molecule has 0 aliphatic rings. The summed E-state index contributed by atoms with van der Waals surface area (Å²) in [7, 11) is -3.39. The first kappa shape index (κ1) is 15.6. The molecular formula is C11H21N5O2S. The van der Waals surface area contributed by atoms with E-state index in [-0.39, 0.29) is 5.75 Å². The van der Waals surface area contributed by atoms with Crippen molar-refractivity contribution < 1.29 is 8.42 Å². The van der Waals surface area contributed by atoms with E-state index in [0.29, 0.717) is 24.6 Å². The molecule has 4 N–H and O–H groups in total. The van der Waals surface area contributed by atoms with Gasteiger partial charge in [0.2, 0.25) is 10.0 Å². The number of hydrogen-bond donors (Lipinski definition) is 3. The average Bonchev–Trinajstić information content (AvgIpc) is 2.30. The number of anilines is 2. The van der Waals surface area contributed by atoms with Gasteiger partial charge in [0.05, 0.1) is 5.75 Å². The summed E-state index contributed by atoms with van der Waals surface area (Å²) in [6.07, 6.45) is 1.46. The van der Waals surface area contributed by atoms with Gasteiger partial charge >= 0.3 is 0 Å². The van der Waals surface area contributed by atoms with Crippen LogP contribution in [0, 0.1) is 6.92 Å². The smallest absolute Gasteiger partial charge is 0.209 e. The van der Waals surface area contributed by atoms with Crippen molar-refractivity contribution >= 4 is 21.7 Å². The van der Waals surface area contributed by atoms with Crippen molar-refractivity contribution in [3.63, 3.8) is 0 Å². The monoisotopic (exact) mass is 287 g/mol. The number of nitrogens with two attached hydrogens (primary N) is 1. The van der Waals surface area contributed by atoms with Crippen molar-refractivity contribution in [2.75, 3.05) is 29.5 Å². The second-order valence-corrected chi connectivity index (χ2v) is 5.99. The van der Waals surface area contributed by atoms with E-state index in [1.54, 1.807) is 6.07 Å². The van der Waals surface area contributed by atoms with Crippen LogP contribution >= 0.6 is 0 Å². The van der Waals surface area contributed by atoms with E-state index in [0.717, 1.165) is 18.8 Å². The molecule has 0 fully saturated rings. The summed E-state index contributed by atoms with van der Waals surface area (Å²) in [5.41, 5.74) is 0. The van der Waals surface area contributed by atoms with E-state index >= 15 is 0 Å². The predicted molar refractivity (Wildman–Crippen MR) is 76.6 cm³/mol. The highest BCUT2D eigenvalue weighted by Crippen LogP contribution is 2.11. The molecule has 0 atom stereocenters. The Labute approximate surface area is 114 Å². The molecule has 8 heteroatoms. The molecule has 1 aromatic rings. The molecule has 0 saturated carbocycles. The molecule has 0 bridgehead atoms. The number of hydrogen-bond acceptors (Lipinski definition) is 6. The highest BCUT2D eigenvalue weighted by atomic mass is 32.2. The maximum atomic E-state index is 10.8. The fourth-order valence-corrected chi connectivity index (χ4v) is 2.04. The fraction of sp³-hybridized carbons (Fsp3) is 0.636. The third kappa shape index (κ3) is 6.92. The Morgan fingerprint density at radius 1 is 1.21 bits per heavy atom. The number of rotatable bonds is 8. The van der Waals surface area contributed by atoms with Gasteiger partial charge in [0, 0.05) is 19.2 Å². The normalized spacial score (nSPS) is 11.3. The lowest BCUT2D eigenvalue weighted by molar-refractivity contribution is 0.595. The first-order valence-corrected chi connectivity index (χ1v) is 7.96. The quantitative estimate of drug-likeness (QED) is 0.607. The molecule has 0 aliphatic carbocycles. The van der Waals surface area contributed by atoms with Crippen LogP contribution in [0.3, 0.4) is 0 Å². The first-order chi connectivity index (χ1) is 8.90. The maximum absolute atomic E-state index is 10.8. The molecule has 1 aromatic heterocycles. The summed E-state index contributed by atoms with van der Waals surface area (Å²) in [6, 6.07) is 1.81. The summed E-state index contributed by atoms with van der Waals surface area (Å²) in [5, 5.41) is 11.2. The van der Waals surface area contributed by atoms with Gasteiger partial charge in [0.1, 0.15) is 17.5 Å². The van der Waals surface area contributed by atoms with Crippen LogP contribution in [-0.4, -0.2) is 37.2 Å². The minimum absolute atomic E-state index is 0.0367. The van der Waals surface area contributed by atoms with E-state index in [1.165, 1.54) is 0 Å². The van der Waals surface area contributed by atoms with Gasteiger partial charge in [-0.05, 0) is 19.8 Å². The number of aryl methyl sites for hydroxylation is 1. The van der Waals surface area contributed by atoms with Gasteiger partial charge in [-0.2, -0.15) is 0 Å². The maximum Gasteiger partial charge on any atom is 0.209 e. The minimum atomic E-state index is -3.39. The molecule has 108 valence electrons. The van der Waals surface area contributed by atoms with Gasteiger partial charge in [-0.3, -0.25) is 0 Å². The number of nitrogens with one attached hydrogen (secondary N) is 2. The average molecular weight is 287 g/mol. The molecule has 19 heavy (non-hydrogen) atoms. The molecule has 1 heterocycles. The minimum Gasteiger partial charge on any atom is -0.370 e. The zero-order chi connectivity index (χ0) is 14.3. The Morgan fingerprint density at radius 2 is 1.79 bits per heavy atom. The Kier molecular flexibility index (Phi) is 5.97. The molecule has 1 rings (SSSR count). The van der Waals surface area contributed by atoms with E-state index in [2.05, 4.69) is 27.5 Å². The van der Waals surface area contributed by atoms with Gasteiger partial charge in [-0.15, -0.1) is 0 Å². The van der Waals surface area contributed by atoms with Crippen LogP contribution in [0.15, 0.2) is 6.07 Å². The molecule has 0 amide bonds. The lowest BCUT2D eigenvalue weighted by Gasteiger charge is -2.09. The van der Waals surface area contributed by atoms with Crippen LogP contribution < -0.4 is 15.8 Å². The van der Waals surface area contributed by atoms with E-state index in [9.17, 15) is 8.42 Å². The Morgan fingerprint density at radius 3 is 2.32 bits per heavy atom. The van der Waals surface area contributed by atoms with E-state index in [4.69, 9.17) is 5.14 Å². The topological polar surface area (TPSA) is 110 Å². The molecule has 0 radical (unpaired) electrons. The third-order valence-corrected chi connectivity index (χ3v) is 3.16. The van der Waals surface area contributed by atoms with Crippen LogP contribution in [0.5, 0.6) is 0 Å². The largest absolute Gasteiger partial charge is 0.370 e. The summed E-state index contributed by atoms with van der Waals surface area (Å²) < 4.78 is 21.6. The Bertz CT molecular complexity index is 504. The van der Waals surface area contributed by atoms with Gasteiger partial charge in [-0.25, -0.2) is 23.5 Å². The highest BCUT2D eigenvalue weighted by Gasteiger charge is 2.03. The highest BCUT2D eigenvalue weighted by molar-refractivity contribution is 7.89. The Balaban J connectivity index is 2.51. The van der Waals surface area contributed by atoms with Crippen molar-refractivity contribution in [3.05, 3.63) is 11.9 Å². The zero-order valence-electron chi connectivity index (χ0n) is 11.3. The van der Waals surface area contributed by atoms with Gasteiger partial charge in [-0.1, -0.05) is 6.92 Å². The molecule has 0 unspecified atom stereocenters. The SMILES string of the molecule is CCCNc1cc(NCCCS(N)(=O)=O)nc(C)n1. The number of primary sulfonamides is 1. The molecule has 0 aromatic carbocycles. The van der Waals surface area contributed by atoms with Crippen LogP contribution in [0.25, 0.3) is 0 Å². The van der Waals surface area contributed by atoms with Crippen molar-refractivity contribution in [3.8, 4) is 0 Å². The lowest BCUT2D eigenvalue weighted by Crippen LogP contribution is -2.19. The molecule has 7 nitrogen and oxygen atoms in total. The molecule has 0 aliphatic heterocycles. The summed E-state index contributed by atoms with van der Waals surface area (Å²) in [5.74, 6) is 2.07. The molecule has 0 saturated heterocycles. The van der Waals surface area contributed by atoms with E-state index < -0.39 is 10.0 Å². The predicted octanol–water partition coefficient (Wildman–Crippen LogP) is 0.697. The van der Waals surface area contributed by atoms with Gasteiger partial charge in [0.15, 0.2) is 0 Å². The second-order valence-electron chi connectivity index (χ2n) is 4.26. The van der Waals surface area contributed by atoms with Crippen LogP contribution in [0.1, 0.15) is 25.6 Å².